The third-order valence-electron chi connectivity index (χ3n) is 2.88. The second-order valence-corrected chi connectivity index (χ2v) is 3.96. The number of carbonyl (C=O) groups is 1. The fourth-order valence-corrected chi connectivity index (χ4v) is 1.97. The van der Waals surface area contributed by atoms with Gasteiger partial charge >= 0.3 is 5.97 Å². The maximum atomic E-state index is 10.7. The van der Waals surface area contributed by atoms with E-state index in [0.29, 0.717) is 11.8 Å². The lowest BCUT2D eigenvalue weighted by molar-refractivity contribution is -0.149. The lowest BCUT2D eigenvalue weighted by atomic mass is 9.79. The first-order valence-corrected chi connectivity index (χ1v) is 4.91. The topological polar surface area (TPSA) is 46.5 Å². The Morgan fingerprint density at radius 2 is 2.23 bits per heavy atom. The van der Waals surface area contributed by atoms with E-state index in [-0.39, 0.29) is 18.7 Å². The summed E-state index contributed by atoms with van der Waals surface area (Å²) in [4.78, 5) is 10.7. The molecule has 0 aromatic carbocycles. The first-order valence-electron chi connectivity index (χ1n) is 4.91. The van der Waals surface area contributed by atoms with Gasteiger partial charge < -0.3 is 9.84 Å². The molecule has 0 bridgehead atoms. The molecule has 0 amide bonds. The van der Waals surface area contributed by atoms with Crippen LogP contribution in [0.2, 0.25) is 0 Å². The van der Waals surface area contributed by atoms with Crippen molar-refractivity contribution < 1.29 is 14.6 Å². The van der Waals surface area contributed by atoms with Crippen molar-refractivity contribution in [2.45, 2.75) is 39.2 Å². The van der Waals surface area contributed by atoms with Gasteiger partial charge in [-0.05, 0) is 31.1 Å². The van der Waals surface area contributed by atoms with Crippen LogP contribution >= 0.6 is 0 Å². The van der Waals surface area contributed by atoms with Gasteiger partial charge in [0.05, 0.1) is 0 Å². The molecule has 1 fully saturated rings. The Morgan fingerprint density at radius 3 is 2.77 bits per heavy atom. The molecule has 76 valence electrons. The third-order valence-corrected chi connectivity index (χ3v) is 2.88. The van der Waals surface area contributed by atoms with Gasteiger partial charge in [0.2, 0.25) is 0 Å². The van der Waals surface area contributed by atoms with E-state index in [1.165, 1.54) is 6.92 Å². The Morgan fingerprint density at radius 1 is 1.54 bits per heavy atom. The highest BCUT2D eigenvalue weighted by Gasteiger charge is 2.28. The van der Waals surface area contributed by atoms with E-state index in [0.717, 1.165) is 19.3 Å². The van der Waals surface area contributed by atoms with Crippen LogP contribution in [0.5, 0.6) is 0 Å². The minimum atomic E-state index is -0.212. The van der Waals surface area contributed by atoms with Crippen molar-refractivity contribution in [2.75, 3.05) is 6.61 Å². The van der Waals surface area contributed by atoms with Crippen molar-refractivity contribution in [3.05, 3.63) is 0 Å². The van der Waals surface area contributed by atoms with Crippen LogP contribution < -0.4 is 0 Å². The monoisotopic (exact) mass is 186 g/mol. The van der Waals surface area contributed by atoms with Gasteiger partial charge in [-0.25, -0.2) is 0 Å². The minimum absolute atomic E-state index is 0.0332. The minimum Gasteiger partial charge on any atom is -0.463 e. The summed E-state index contributed by atoms with van der Waals surface area (Å²) in [6.07, 6.45) is 2.84. The Kier molecular flexibility index (Phi) is 3.72. The average Bonchev–Trinajstić information content (AvgIpc) is 2.07. The Balaban J connectivity index is 2.40. The summed E-state index contributed by atoms with van der Waals surface area (Å²) in [5.74, 6) is 0.645. The van der Waals surface area contributed by atoms with E-state index in [2.05, 4.69) is 6.92 Å². The zero-order valence-electron chi connectivity index (χ0n) is 8.32. The van der Waals surface area contributed by atoms with E-state index in [9.17, 15) is 4.79 Å². The Bertz CT molecular complexity index is 179. The highest BCUT2D eigenvalue weighted by Crippen LogP contribution is 2.30. The predicted octanol–water partition coefficient (Wildman–Crippen LogP) is 1.35. The van der Waals surface area contributed by atoms with Crippen LogP contribution in [0.4, 0.5) is 0 Å². The van der Waals surface area contributed by atoms with Crippen LogP contribution in [-0.2, 0) is 9.53 Å². The Hall–Kier alpha value is -0.570. The van der Waals surface area contributed by atoms with Gasteiger partial charge in [-0.2, -0.15) is 0 Å². The first kappa shape index (κ1) is 10.5. The summed E-state index contributed by atoms with van der Waals surface area (Å²) in [5.41, 5.74) is 0. The van der Waals surface area contributed by atoms with Gasteiger partial charge in [0.25, 0.3) is 0 Å². The molecule has 0 aliphatic heterocycles. The molecular weight excluding hydrogens is 168 g/mol. The zero-order chi connectivity index (χ0) is 9.84. The van der Waals surface area contributed by atoms with Gasteiger partial charge in [0, 0.05) is 13.5 Å². The van der Waals surface area contributed by atoms with E-state index >= 15 is 0 Å². The summed E-state index contributed by atoms with van der Waals surface area (Å²) in [5, 5.41) is 9.07. The number of esters is 1. The lowest BCUT2D eigenvalue weighted by Crippen LogP contribution is -2.31. The summed E-state index contributed by atoms with van der Waals surface area (Å²) in [7, 11) is 0. The van der Waals surface area contributed by atoms with Gasteiger partial charge in [0.15, 0.2) is 0 Å². The summed E-state index contributed by atoms with van der Waals surface area (Å²) in [6.45, 7) is 3.79. The smallest absolute Gasteiger partial charge is 0.302 e. The molecule has 3 heteroatoms. The molecule has 3 unspecified atom stereocenters. The predicted molar refractivity (Wildman–Crippen MR) is 49.1 cm³/mol. The molecule has 0 radical (unpaired) electrons. The number of carbonyl (C=O) groups excluding carboxylic acids is 1. The van der Waals surface area contributed by atoms with Crippen LogP contribution in [-0.4, -0.2) is 23.8 Å². The second-order valence-electron chi connectivity index (χ2n) is 3.96. The van der Waals surface area contributed by atoms with Gasteiger partial charge in [0.1, 0.15) is 6.10 Å². The molecule has 0 spiro atoms. The van der Waals surface area contributed by atoms with Crippen molar-refractivity contribution in [1.82, 2.24) is 0 Å². The van der Waals surface area contributed by atoms with Gasteiger partial charge in [-0.1, -0.05) is 6.92 Å². The highest BCUT2D eigenvalue weighted by atomic mass is 16.5. The number of aliphatic hydroxyl groups is 1. The molecule has 1 rings (SSSR count). The molecule has 3 nitrogen and oxygen atoms in total. The quantitative estimate of drug-likeness (QED) is 0.662. The van der Waals surface area contributed by atoms with E-state index < -0.39 is 0 Å². The SMILES string of the molecule is CC(=O)OC1CCC(C)C(CO)C1. The van der Waals surface area contributed by atoms with Crippen molar-refractivity contribution in [3.63, 3.8) is 0 Å². The van der Waals surface area contributed by atoms with Crippen molar-refractivity contribution in [1.29, 1.82) is 0 Å². The van der Waals surface area contributed by atoms with Crippen LogP contribution in [0.15, 0.2) is 0 Å². The molecule has 3 atom stereocenters. The van der Waals surface area contributed by atoms with Crippen molar-refractivity contribution in [3.8, 4) is 0 Å². The molecular formula is C10H18O3. The zero-order valence-corrected chi connectivity index (χ0v) is 8.32. The fourth-order valence-electron chi connectivity index (χ4n) is 1.97. The molecule has 1 aliphatic carbocycles. The number of hydrogen-bond acceptors (Lipinski definition) is 3. The van der Waals surface area contributed by atoms with Crippen molar-refractivity contribution >= 4 is 5.97 Å². The van der Waals surface area contributed by atoms with Crippen LogP contribution in [0.25, 0.3) is 0 Å². The molecule has 1 N–H and O–H groups in total. The van der Waals surface area contributed by atoms with E-state index in [1.807, 2.05) is 0 Å². The van der Waals surface area contributed by atoms with Crippen LogP contribution in [0.3, 0.4) is 0 Å². The molecule has 1 aliphatic rings. The molecule has 0 heterocycles. The standard InChI is InChI=1S/C10H18O3/c1-7-3-4-10(13-8(2)12)5-9(7)6-11/h7,9-11H,3-6H2,1-2H3. The highest BCUT2D eigenvalue weighted by molar-refractivity contribution is 5.66. The summed E-state index contributed by atoms with van der Waals surface area (Å²) in [6, 6.07) is 0. The molecule has 13 heavy (non-hydrogen) atoms. The van der Waals surface area contributed by atoms with E-state index in [1.54, 1.807) is 0 Å². The normalized spacial score (nSPS) is 34.2. The summed E-state index contributed by atoms with van der Waals surface area (Å²) >= 11 is 0. The van der Waals surface area contributed by atoms with Gasteiger partial charge in [-0.15, -0.1) is 0 Å². The number of rotatable bonds is 2. The number of ether oxygens (including phenoxy) is 1. The first-order chi connectivity index (χ1) is 6.13. The lowest BCUT2D eigenvalue weighted by Gasteiger charge is -2.32. The maximum Gasteiger partial charge on any atom is 0.302 e. The molecule has 1 saturated carbocycles. The molecule has 0 aromatic heterocycles. The average molecular weight is 186 g/mol. The number of aliphatic hydroxyl groups excluding tert-OH is 1. The van der Waals surface area contributed by atoms with Crippen molar-refractivity contribution in [2.24, 2.45) is 11.8 Å². The molecule has 0 aromatic rings. The third kappa shape index (κ3) is 2.99. The maximum absolute atomic E-state index is 10.7. The largest absolute Gasteiger partial charge is 0.463 e. The fraction of sp³-hybridized carbons (Fsp3) is 0.900. The second kappa shape index (κ2) is 4.61. The summed E-state index contributed by atoms with van der Waals surface area (Å²) < 4.78 is 5.12. The van der Waals surface area contributed by atoms with E-state index in [4.69, 9.17) is 9.84 Å². The number of hydrogen-bond donors (Lipinski definition) is 1. The van der Waals surface area contributed by atoms with Crippen LogP contribution in [0, 0.1) is 11.8 Å². The van der Waals surface area contributed by atoms with Crippen LogP contribution in [0.1, 0.15) is 33.1 Å². The molecule has 0 saturated heterocycles. The Labute approximate surface area is 79.1 Å². The van der Waals surface area contributed by atoms with Gasteiger partial charge in [-0.3, -0.25) is 4.79 Å².